The number of anilines is 1. The number of oxime groups is 1. The van der Waals surface area contributed by atoms with Crippen LogP contribution in [0, 0.1) is 0 Å². The molecule has 2 rings (SSSR count). The molecule has 0 aliphatic carbocycles. The van der Waals surface area contributed by atoms with Crippen molar-refractivity contribution in [2.45, 2.75) is 6.42 Å². The second-order valence-corrected chi connectivity index (χ2v) is 4.54. The second kappa shape index (κ2) is 5.93. The first-order valence-corrected chi connectivity index (χ1v) is 6.20. The van der Waals surface area contributed by atoms with Crippen LogP contribution in [0.4, 0.5) is 5.69 Å². The summed E-state index contributed by atoms with van der Waals surface area (Å²) in [5.41, 5.74) is 7.26. The van der Waals surface area contributed by atoms with Gasteiger partial charge in [0.05, 0.1) is 6.61 Å². The quantitative estimate of drug-likeness (QED) is 0.371. The summed E-state index contributed by atoms with van der Waals surface area (Å²) in [7, 11) is 0. The molecule has 1 saturated heterocycles. The fourth-order valence-electron chi connectivity index (χ4n) is 2.03. The van der Waals surface area contributed by atoms with Gasteiger partial charge in [-0.25, -0.2) is 0 Å². The summed E-state index contributed by atoms with van der Waals surface area (Å²) in [6, 6.07) is 5.40. The lowest BCUT2D eigenvalue weighted by Crippen LogP contribution is -2.29. The van der Waals surface area contributed by atoms with Crippen LogP contribution in [0.2, 0.25) is 5.02 Å². The highest BCUT2D eigenvalue weighted by Gasteiger charge is 2.16. The van der Waals surface area contributed by atoms with Gasteiger partial charge in [-0.05, 0) is 24.6 Å². The fraction of sp³-hybridized carbons (Fsp3) is 0.417. The highest BCUT2D eigenvalue weighted by atomic mass is 35.5. The zero-order chi connectivity index (χ0) is 13.0. The molecule has 0 spiro atoms. The van der Waals surface area contributed by atoms with E-state index < -0.39 is 0 Å². The molecule has 0 radical (unpaired) electrons. The van der Waals surface area contributed by atoms with Gasteiger partial charge in [0.2, 0.25) is 0 Å². The molecule has 6 heteroatoms. The molecule has 1 aliphatic heterocycles. The van der Waals surface area contributed by atoms with Crippen molar-refractivity contribution >= 4 is 23.1 Å². The summed E-state index contributed by atoms with van der Waals surface area (Å²) in [4.78, 5) is 2.16. The van der Waals surface area contributed by atoms with Crippen LogP contribution < -0.4 is 10.6 Å². The Hall–Kier alpha value is -1.46. The zero-order valence-corrected chi connectivity index (χ0v) is 10.7. The Morgan fingerprint density at radius 3 is 3.00 bits per heavy atom. The third kappa shape index (κ3) is 2.86. The van der Waals surface area contributed by atoms with E-state index in [4.69, 9.17) is 27.3 Å². The average molecular weight is 270 g/mol. The monoisotopic (exact) mass is 269 g/mol. The lowest BCUT2D eigenvalue weighted by Gasteiger charge is -2.24. The lowest BCUT2D eigenvalue weighted by atomic mass is 10.1. The van der Waals surface area contributed by atoms with Gasteiger partial charge in [-0.1, -0.05) is 16.8 Å². The molecular formula is C12H16ClN3O2. The molecule has 0 aromatic heterocycles. The van der Waals surface area contributed by atoms with Gasteiger partial charge in [-0.2, -0.15) is 0 Å². The number of amidine groups is 1. The number of nitrogens with two attached hydrogens (primary N) is 1. The predicted molar refractivity (Wildman–Crippen MR) is 71.6 cm³/mol. The SMILES string of the molecule is NC(=NO)c1cc(Cl)ccc1N1CCCOCC1. The maximum Gasteiger partial charge on any atom is 0.172 e. The second-order valence-electron chi connectivity index (χ2n) is 4.10. The van der Waals surface area contributed by atoms with E-state index in [1.807, 2.05) is 6.07 Å². The minimum absolute atomic E-state index is 0.0673. The minimum atomic E-state index is 0.0673. The summed E-state index contributed by atoms with van der Waals surface area (Å²) in [5.74, 6) is 0.0673. The van der Waals surface area contributed by atoms with Crippen molar-refractivity contribution in [2.24, 2.45) is 10.9 Å². The molecule has 5 nitrogen and oxygen atoms in total. The molecule has 18 heavy (non-hydrogen) atoms. The highest BCUT2D eigenvalue weighted by molar-refractivity contribution is 6.31. The van der Waals surface area contributed by atoms with Crippen molar-refractivity contribution in [2.75, 3.05) is 31.2 Å². The molecule has 0 bridgehead atoms. The van der Waals surface area contributed by atoms with Crippen LogP contribution in [-0.2, 0) is 4.74 Å². The molecular weight excluding hydrogens is 254 g/mol. The first-order valence-electron chi connectivity index (χ1n) is 5.82. The van der Waals surface area contributed by atoms with E-state index in [2.05, 4.69) is 10.1 Å². The van der Waals surface area contributed by atoms with Gasteiger partial charge in [-0.3, -0.25) is 0 Å². The maximum atomic E-state index is 8.83. The van der Waals surface area contributed by atoms with E-state index in [1.54, 1.807) is 12.1 Å². The van der Waals surface area contributed by atoms with Crippen molar-refractivity contribution in [1.82, 2.24) is 0 Å². The van der Waals surface area contributed by atoms with Crippen LogP contribution in [0.5, 0.6) is 0 Å². The number of hydrogen-bond donors (Lipinski definition) is 2. The van der Waals surface area contributed by atoms with E-state index in [0.717, 1.165) is 31.8 Å². The predicted octanol–water partition coefficient (Wildman–Crippen LogP) is 1.66. The smallest absolute Gasteiger partial charge is 0.172 e. The first kappa shape index (κ1) is 13.0. The molecule has 98 valence electrons. The van der Waals surface area contributed by atoms with Crippen LogP contribution in [-0.4, -0.2) is 37.3 Å². The van der Waals surface area contributed by atoms with Crippen LogP contribution in [0.25, 0.3) is 0 Å². The number of hydrogen-bond acceptors (Lipinski definition) is 4. The van der Waals surface area contributed by atoms with Gasteiger partial charge in [0.15, 0.2) is 5.84 Å². The van der Waals surface area contributed by atoms with Gasteiger partial charge >= 0.3 is 0 Å². The average Bonchev–Trinajstić information content (AvgIpc) is 2.66. The third-order valence-electron chi connectivity index (χ3n) is 2.91. The Labute approximate surface area is 111 Å². The van der Waals surface area contributed by atoms with Crippen LogP contribution in [0.1, 0.15) is 12.0 Å². The summed E-state index contributed by atoms with van der Waals surface area (Å²) in [5, 5.41) is 12.5. The van der Waals surface area contributed by atoms with Gasteiger partial charge in [0, 0.05) is 36.0 Å². The first-order chi connectivity index (χ1) is 8.72. The lowest BCUT2D eigenvalue weighted by molar-refractivity contribution is 0.152. The molecule has 1 fully saturated rings. The topological polar surface area (TPSA) is 71.1 Å². The van der Waals surface area contributed by atoms with Crippen molar-refractivity contribution in [1.29, 1.82) is 0 Å². The van der Waals surface area contributed by atoms with Gasteiger partial charge in [0.25, 0.3) is 0 Å². The van der Waals surface area contributed by atoms with E-state index in [-0.39, 0.29) is 5.84 Å². The number of halogens is 1. The molecule has 3 N–H and O–H groups in total. The number of ether oxygens (including phenoxy) is 1. The molecule has 1 aromatic carbocycles. The molecule has 0 saturated carbocycles. The van der Waals surface area contributed by atoms with Gasteiger partial charge in [0.1, 0.15) is 0 Å². The largest absolute Gasteiger partial charge is 0.409 e. The molecule has 1 aromatic rings. The van der Waals surface area contributed by atoms with E-state index in [0.29, 0.717) is 17.2 Å². The molecule has 0 unspecified atom stereocenters. The normalized spacial score (nSPS) is 17.6. The van der Waals surface area contributed by atoms with Crippen LogP contribution in [0.3, 0.4) is 0 Å². The van der Waals surface area contributed by atoms with E-state index in [9.17, 15) is 0 Å². The summed E-state index contributed by atoms with van der Waals surface area (Å²) < 4.78 is 5.42. The molecule has 0 amide bonds. The van der Waals surface area contributed by atoms with Crippen molar-refractivity contribution in [3.63, 3.8) is 0 Å². The number of nitrogens with zero attached hydrogens (tertiary/aromatic N) is 2. The maximum absolute atomic E-state index is 8.83. The summed E-state index contributed by atoms with van der Waals surface area (Å²) in [6.07, 6.45) is 0.957. The highest BCUT2D eigenvalue weighted by Crippen LogP contribution is 2.25. The molecule has 1 heterocycles. The van der Waals surface area contributed by atoms with Gasteiger partial charge in [-0.15, -0.1) is 0 Å². The van der Waals surface area contributed by atoms with Crippen molar-refractivity contribution in [3.05, 3.63) is 28.8 Å². The van der Waals surface area contributed by atoms with E-state index >= 15 is 0 Å². The van der Waals surface area contributed by atoms with E-state index in [1.165, 1.54) is 0 Å². The Balaban J connectivity index is 2.36. The van der Waals surface area contributed by atoms with Gasteiger partial charge < -0.3 is 20.6 Å². The Bertz CT molecular complexity index is 443. The van der Waals surface area contributed by atoms with Crippen molar-refractivity contribution in [3.8, 4) is 0 Å². The van der Waals surface area contributed by atoms with Crippen molar-refractivity contribution < 1.29 is 9.94 Å². The minimum Gasteiger partial charge on any atom is -0.409 e. The molecule has 0 atom stereocenters. The Morgan fingerprint density at radius 2 is 2.22 bits per heavy atom. The Morgan fingerprint density at radius 1 is 1.39 bits per heavy atom. The fourth-order valence-corrected chi connectivity index (χ4v) is 2.20. The third-order valence-corrected chi connectivity index (χ3v) is 3.14. The summed E-state index contributed by atoms with van der Waals surface area (Å²) >= 11 is 5.95. The van der Waals surface area contributed by atoms with Crippen LogP contribution in [0.15, 0.2) is 23.4 Å². The Kier molecular flexibility index (Phi) is 4.28. The summed E-state index contributed by atoms with van der Waals surface area (Å²) in [6.45, 7) is 3.11. The number of benzene rings is 1. The number of rotatable bonds is 2. The zero-order valence-electron chi connectivity index (χ0n) is 9.97. The standard InChI is InChI=1S/C12H16ClN3O2/c13-9-2-3-11(10(8-9)12(14)15-17)16-4-1-6-18-7-5-16/h2-3,8,17H,1,4-7H2,(H2,14,15). The van der Waals surface area contributed by atoms with Crippen LogP contribution >= 0.6 is 11.6 Å². The molecule has 1 aliphatic rings.